The summed E-state index contributed by atoms with van der Waals surface area (Å²) >= 11 is 0. The van der Waals surface area contributed by atoms with Gasteiger partial charge in [0.1, 0.15) is 17.2 Å². The first-order valence-corrected chi connectivity index (χ1v) is 40.3. The Kier molecular flexibility index (Phi) is 35.2. The molecule has 6 heterocycles. The second-order valence-corrected chi connectivity index (χ2v) is 31.9. The Labute approximate surface area is 653 Å². The Hall–Kier alpha value is -8.54. The van der Waals surface area contributed by atoms with Gasteiger partial charge < -0.3 is 53.1 Å². The molecule has 109 heavy (non-hydrogen) atoms. The molecule has 17 nitrogen and oxygen atoms in total. The minimum atomic E-state index is 0.0498. The van der Waals surface area contributed by atoms with Gasteiger partial charge in [-0.05, 0) is 187 Å². The third kappa shape index (κ3) is 27.2. The lowest BCUT2D eigenvalue weighted by Gasteiger charge is -2.35. The van der Waals surface area contributed by atoms with E-state index in [2.05, 4.69) is 144 Å². The molecule has 0 spiro atoms. The zero-order chi connectivity index (χ0) is 79.4. The van der Waals surface area contributed by atoms with Crippen molar-refractivity contribution in [3.05, 3.63) is 194 Å². The molecule has 0 bridgehead atoms. The Morgan fingerprint density at radius 2 is 0.624 bits per heavy atom. The van der Waals surface area contributed by atoms with E-state index in [0.29, 0.717) is 99.5 Å². The van der Waals surface area contributed by atoms with Crippen molar-refractivity contribution in [3.63, 3.8) is 0 Å². The van der Waals surface area contributed by atoms with Gasteiger partial charge in [-0.3, -0.25) is 28.8 Å². The van der Waals surface area contributed by atoms with Gasteiger partial charge in [-0.25, -0.2) is 0 Å². The van der Waals surface area contributed by atoms with Gasteiger partial charge in [-0.2, -0.15) is 0 Å². The quantitative estimate of drug-likeness (QED) is 0.0757. The average molecular weight is 1500 g/mol. The topological polar surface area (TPSA) is 168 Å². The molecule has 0 aromatic heterocycles. The van der Waals surface area contributed by atoms with E-state index < -0.39 is 0 Å². The van der Waals surface area contributed by atoms with Crippen LogP contribution in [0.1, 0.15) is 254 Å². The SMILES string of the molecule is CC(C)c1ccc(CC(=O)N2CCC2)cc1.CC(C)c1ccc(CC(=O)N2CCCC2)cc1.CC1CN(C(=O)c2ccc(C(C)C)cc2)CC(C)O1.COc1cc(C(=O)N2CCOC(C)C2)ccc1C(C)C.COc1cc(CC(=O)N2CCC2)ccc1C(C)C.COc1cc(CC(=O)N2CCCC2)ccc1C(C)C. The molecule has 6 amide bonds. The van der Waals surface area contributed by atoms with Crippen LogP contribution in [0.3, 0.4) is 0 Å². The van der Waals surface area contributed by atoms with Gasteiger partial charge in [0.05, 0.1) is 71.9 Å². The summed E-state index contributed by atoms with van der Waals surface area (Å²) in [5, 5.41) is 0. The van der Waals surface area contributed by atoms with Crippen LogP contribution in [0.5, 0.6) is 17.2 Å². The van der Waals surface area contributed by atoms with Crippen molar-refractivity contribution in [3.8, 4) is 17.2 Å². The highest BCUT2D eigenvalue weighted by Crippen LogP contribution is 2.32. The monoisotopic (exact) mass is 1490 g/mol. The molecule has 6 fully saturated rings. The minimum absolute atomic E-state index is 0.0498. The van der Waals surface area contributed by atoms with E-state index in [4.69, 9.17) is 23.7 Å². The molecular weight excluding hydrogens is 1370 g/mol. The van der Waals surface area contributed by atoms with Crippen molar-refractivity contribution in [2.75, 3.05) is 106 Å². The first-order valence-electron chi connectivity index (χ1n) is 40.3. The van der Waals surface area contributed by atoms with Crippen molar-refractivity contribution in [1.29, 1.82) is 0 Å². The normalized spacial score (nSPS) is 17.3. The maximum atomic E-state index is 12.5. The Bertz CT molecular complexity index is 3820. The number of benzene rings is 6. The second-order valence-electron chi connectivity index (χ2n) is 31.9. The zero-order valence-corrected chi connectivity index (χ0v) is 69.3. The Balaban J connectivity index is 0.000000182. The molecule has 3 atom stereocenters. The Morgan fingerprint density at radius 1 is 0.330 bits per heavy atom. The number of rotatable bonds is 19. The smallest absolute Gasteiger partial charge is 0.254 e. The highest BCUT2D eigenvalue weighted by molar-refractivity contribution is 5.95. The average Bonchev–Trinajstić information content (AvgIpc) is 1.17. The van der Waals surface area contributed by atoms with E-state index in [9.17, 15) is 28.8 Å². The predicted molar refractivity (Wildman–Crippen MR) is 439 cm³/mol. The number of carbonyl (C=O) groups excluding carboxylic acids is 6. The minimum Gasteiger partial charge on any atom is -0.496 e. The van der Waals surface area contributed by atoms with Crippen LogP contribution < -0.4 is 14.2 Å². The lowest BCUT2D eigenvalue weighted by atomic mass is 9.99. The predicted octanol–water partition coefficient (Wildman–Crippen LogP) is 16.9. The molecule has 594 valence electrons. The van der Waals surface area contributed by atoms with Crippen LogP contribution in [0, 0.1) is 0 Å². The standard InChI is InChI=1S/C16H23NO3.2C16H23NO2.C15H21NO2.C15H21NO.C14H19NO/c1-11(2)14-6-5-13(9-15(14)19-4)16(18)17-7-8-20-12(3)10-17;1-11(2)14-5-7-15(8-6-14)16(18)17-9-12(3)19-13(4)10-17;1-12(2)14-7-6-13(10-15(14)19-3)11-16(18)17-8-4-5-9-17;1-11(2)13-6-5-12(9-14(13)18-3)10-15(17)16-7-4-8-16;1-12(2)14-7-5-13(6-8-14)11-15(17)16-9-3-4-10-16;1-11(2)13-6-4-12(5-7-13)10-14(16)15-8-3-9-15/h5-6,9,11-12H,7-8,10H2,1-4H3;5-8,11-13H,9-10H2,1-4H3;6-7,10,12H,4-5,8-9,11H2,1-3H3;5-6,9,11H,4,7-8,10H2,1-3H3;5-8,12H,3-4,9-11H2,1-2H3;4-7,11H,3,8-10H2,1-2H3. The highest BCUT2D eigenvalue weighted by Gasteiger charge is 2.29. The van der Waals surface area contributed by atoms with E-state index in [0.717, 1.165) is 142 Å². The summed E-state index contributed by atoms with van der Waals surface area (Å²) in [6, 6.07) is 42.8. The molecule has 6 saturated heterocycles. The number of likely N-dealkylation sites (tertiary alicyclic amines) is 4. The van der Waals surface area contributed by atoms with Crippen molar-refractivity contribution >= 4 is 35.4 Å². The fourth-order valence-corrected chi connectivity index (χ4v) is 14.0. The molecule has 6 aromatic rings. The van der Waals surface area contributed by atoms with Crippen LogP contribution in [0.2, 0.25) is 0 Å². The summed E-state index contributed by atoms with van der Waals surface area (Å²) in [6.45, 7) is 42.6. The molecule has 0 saturated carbocycles. The summed E-state index contributed by atoms with van der Waals surface area (Å²) in [4.78, 5) is 84.2. The fraction of sp³-hybridized carbons (Fsp3) is 0.543. The van der Waals surface area contributed by atoms with Gasteiger partial charge in [0.15, 0.2) is 0 Å². The lowest BCUT2D eigenvalue weighted by Crippen LogP contribution is -2.48. The maximum absolute atomic E-state index is 12.5. The summed E-state index contributed by atoms with van der Waals surface area (Å²) < 4.78 is 27.4. The second kappa shape index (κ2) is 43.7. The number of carbonyl (C=O) groups is 6. The van der Waals surface area contributed by atoms with Crippen LogP contribution in [-0.4, -0.2) is 190 Å². The fourth-order valence-electron chi connectivity index (χ4n) is 14.0. The first-order chi connectivity index (χ1) is 52.0. The van der Waals surface area contributed by atoms with E-state index >= 15 is 0 Å². The molecular formula is C92H130N6O11. The van der Waals surface area contributed by atoms with Crippen LogP contribution in [0.25, 0.3) is 0 Å². The lowest BCUT2D eigenvalue weighted by molar-refractivity contribution is -0.134. The largest absolute Gasteiger partial charge is 0.496 e. The molecule has 6 aliphatic rings. The first kappa shape index (κ1) is 87.7. The van der Waals surface area contributed by atoms with Crippen LogP contribution in [0.4, 0.5) is 0 Å². The van der Waals surface area contributed by atoms with Gasteiger partial charge in [-0.1, -0.05) is 174 Å². The molecule has 0 N–H and O–H groups in total. The maximum Gasteiger partial charge on any atom is 0.254 e. The van der Waals surface area contributed by atoms with Crippen LogP contribution in [0.15, 0.2) is 127 Å². The molecule has 17 heteroatoms. The summed E-state index contributed by atoms with van der Waals surface area (Å²) in [7, 11) is 5.02. The van der Waals surface area contributed by atoms with E-state index in [1.54, 1.807) is 21.3 Å². The van der Waals surface area contributed by atoms with Crippen molar-refractivity contribution < 1.29 is 52.5 Å². The summed E-state index contributed by atoms with van der Waals surface area (Å²) in [6.07, 6.45) is 9.31. The number of methoxy groups -OCH3 is 3. The van der Waals surface area contributed by atoms with Crippen molar-refractivity contribution in [2.24, 2.45) is 0 Å². The van der Waals surface area contributed by atoms with Crippen molar-refractivity contribution in [1.82, 2.24) is 29.4 Å². The number of hydrogen-bond acceptors (Lipinski definition) is 11. The number of ether oxygens (including phenoxy) is 5. The Morgan fingerprint density at radius 3 is 0.945 bits per heavy atom. The molecule has 12 rings (SSSR count). The van der Waals surface area contributed by atoms with Crippen LogP contribution in [-0.2, 0) is 54.3 Å². The third-order valence-electron chi connectivity index (χ3n) is 21.1. The summed E-state index contributed by atoms with van der Waals surface area (Å²) in [5.41, 5.74) is 13.2. The molecule has 6 aromatic carbocycles. The number of amides is 6. The van der Waals surface area contributed by atoms with Gasteiger partial charge in [-0.15, -0.1) is 0 Å². The van der Waals surface area contributed by atoms with Crippen molar-refractivity contribution in [2.45, 2.75) is 222 Å². The molecule has 6 aliphatic heterocycles. The third-order valence-corrected chi connectivity index (χ3v) is 21.1. The van der Waals surface area contributed by atoms with Gasteiger partial charge in [0.2, 0.25) is 23.6 Å². The molecule has 3 unspecified atom stereocenters. The van der Waals surface area contributed by atoms with Gasteiger partial charge >= 0.3 is 0 Å². The number of nitrogens with zero attached hydrogens (tertiary/aromatic N) is 6. The highest BCUT2D eigenvalue weighted by atomic mass is 16.5. The van der Waals surface area contributed by atoms with E-state index in [1.807, 2.05) is 117 Å². The molecule has 0 aliphatic carbocycles. The number of morpholine rings is 2. The zero-order valence-electron chi connectivity index (χ0n) is 69.3. The van der Waals surface area contributed by atoms with Crippen LogP contribution >= 0.6 is 0 Å². The van der Waals surface area contributed by atoms with Gasteiger partial charge in [0.25, 0.3) is 11.8 Å². The number of hydrogen-bond donors (Lipinski definition) is 0. The molecule has 0 radical (unpaired) electrons. The van der Waals surface area contributed by atoms with E-state index in [-0.39, 0.29) is 53.8 Å². The summed E-state index contributed by atoms with van der Waals surface area (Å²) in [5.74, 6) is 6.56. The van der Waals surface area contributed by atoms with Gasteiger partial charge in [0, 0.05) is 89.7 Å². The van der Waals surface area contributed by atoms with E-state index in [1.165, 1.54) is 27.8 Å².